The molecule has 1 saturated carbocycles. The summed E-state index contributed by atoms with van der Waals surface area (Å²) in [6.07, 6.45) is 11.8. The van der Waals surface area contributed by atoms with Crippen LogP contribution >= 0.6 is 0 Å². The number of ether oxygens (including phenoxy) is 4. The lowest BCUT2D eigenvalue weighted by molar-refractivity contribution is -0.141. The van der Waals surface area contributed by atoms with E-state index < -0.39 is 25.2 Å². The van der Waals surface area contributed by atoms with Gasteiger partial charge in [0.15, 0.2) is 0 Å². The van der Waals surface area contributed by atoms with Crippen LogP contribution in [0.5, 0.6) is 11.5 Å². The Morgan fingerprint density at radius 3 is 1.89 bits per heavy atom. The van der Waals surface area contributed by atoms with E-state index in [1.807, 2.05) is 12.1 Å². The molecule has 0 aromatic heterocycles. The summed E-state index contributed by atoms with van der Waals surface area (Å²) in [6, 6.07) is 12.1. The Bertz CT molecular complexity index is 1250. The summed E-state index contributed by atoms with van der Waals surface area (Å²) < 4.78 is 21.9. The van der Waals surface area contributed by atoms with Gasteiger partial charge in [-0.25, -0.2) is 9.59 Å². The molecule has 8 heteroatoms. The molecule has 2 N–H and O–H groups in total. The Morgan fingerprint density at radius 1 is 0.818 bits per heavy atom. The van der Waals surface area contributed by atoms with Gasteiger partial charge in [-0.15, -0.1) is 0 Å². The minimum atomic E-state index is -0.676. The van der Waals surface area contributed by atoms with Crippen molar-refractivity contribution in [1.29, 1.82) is 0 Å². The van der Waals surface area contributed by atoms with Crippen LogP contribution in [0.3, 0.4) is 0 Å². The van der Waals surface area contributed by atoms with Crippen LogP contribution in [-0.2, 0) is 19.1 Å². The van der Waals surface area contributed by atoms with Crippen molar-refractivity contribution in [3.63, 3.8) is 0 Å². The normalized spacial score (nSPS) is 16.4. The molecule has 0 atom stereocenters. The van der Waals surface area contributed by atoms with Gasteiger partial charge in [0.05, 0.1) is 24.4 Å². The van der Waals surface area contributed by atoms with Crippen molar-refractivity contribution in [3.05, 3.63) is 84.0 Å². The van der Waals surface area contributed by atoms with Crippen molar-refractivity contribution in [1.82, 2.24) is 0 Å². The van der Waals surface area contributed by atoms with Crippen LogP contribution in [0, 0.1) is 12.8 Å². The lowest BCUT2D eigenvalue weighted by Gasteiger charge is -2.29. The SMILES string of the molecule is C=C(CO)C(=O)OCCOc1cc(OCCOC(=O)C(=C)CO)cc(-c2ccc(C3CCC(CC/C=C/C)CC3)c(C)c2)c1. The third-order valence-electron chi connectivity index (χ3n) is 7.88. The van der Waals surface area contributed by atoms with Gasteiger partial charge in [0.25, 0.3) is 0 Å². The second kappa shape index (κ2) is 18.0. The molecule has 0 spiro atoms. The average Bonchev–Trinajstić information content (AvgIpc) is 3.04. The molecule has 0 amide bonds. The zero-order chi connectivity index (χ0) is 31.9. The fraction of sp³-hybridized carbons (Fsp3) is 0.444. The van der Waals surface area contributed by atoms with E-state index >= 15 is 0 Å². The number of carbonyl (C=O) groups is 2. The second-order valence-electron chi connectivity index (χ2n) is 11.1. The molecule has 238 valence electrons. The van der Waals surface area contributed by atoms with Gasteiger partial charge in [0.2, 0.25) is 0 Å². The molecule has 3 rings (SSSR count). The maximum atomic E-state index is 11.8. The molecular formula is C36H46O8. The van der Waals surface area contributed by atoms with Crippen LogP contribution in [0.25, 0.3) is 11.1 Å². The first kappa shape index (κ1) is 34.6. The van der Waals surface area contributed by atoms with Crippen LogP contribution in [0.2, 0.25) is 0 Å². The Balaban J connectivity index is 1.70. The van der Waals surface area contributed by atoms with E-state index in [-0.39, 0.29) is 37.6 Å². The zero-order valence-electron chi connectivity index (χ0n) is 26.0. The van der Waals surface area contributed by atoms with Gasteiger partial charge in [0.1, 0.15) is 37.9 Å². The van der Waals surface area contributed by atoms with Crippen molar-refractivity contribution in [2.45, 2.75) is 58.3 Å². The molecule has 0 aliphatic heterocycles. The molecule has 8 nitrogen and oxygen atoms in total. The van der Waals surface area contributed by atoms with E-state index in [4.69, 9.17) is 29.2 Å². The number of hydrogen-bond acceptors (Lipinski definition) is 8. The second-order valence-corrected chi connectivity index (χ2v) is 11.1. The number of aliphatic hydroxyl groups is 2. The molecule has 0 saturated heterocycles. The highest BCUT2D eigenvalue weighted by Crippen LogP contribution is 2.40. The van der Waals surface area contributed by atoms with Gasteiger partial charge in [0, 0.05) is 6.07 Å². The summed E-state index contributed by atoms with van der Waals surface area (Å²) in [5.41, 5.74) is 4.50. The Kier molecular flexibility index (Phi) is 14.2. The summed E-state index contributed by atoms with van der Waals surface area (Å²) in [7, 11) is 0. The highest BCUT2D eigenvalue weighted by atomic mass is 16.6. The van der Waals surface area contributed by atoms with Crippen LogP contribution in [0.4, 0.5) is 0 Å². The lowest BCUT2D eigenvalue weighted by atomic mass is 9.76. The van der Waals surface area contributed by atoms with Crippen molar-refractivity contribution in [2.75, 3.05) is 39.6 Å². The predicted molar refractivity (Wildman–Crippen MR) is 171 cm³/mol. The molecule has 1 aliphatic rings. The lowest BCUT2D eigenvalue weighted by Crippen LogP contribution is -2.15. The largest absolute Gasteiger partial charge is 0.490 e. The van der Waals surface area contributed by atoms with Gasteiger partial charge < -0.3 is 29.2 Å². The maximum absolute atomic E-state index is 11.8. The van der Waals surface area contributed by atoms with E-state index in [0.717, 1.165) is 17.0 Å². The molecule has 0 radical (unpaired) electrons. The average molecular weight is 607 g/mol. The predicted octanol–water partition coefficient (Wildman–Crippen LogP) is 6.23. The molecule has 0 bridgehead atoms. The van der Waals surface area contributed by atoms with Crippen LogP contribution < -0.4 is 9.47 Å². The summed E-state index contributed by atoms with van der Waals surface area (Å²) in [5, 5.41) is 18.1. The standard InChI is InChI=1S/C36H46O8/c1-5-6-7-8-28-9-11-29(12-10-28)34-14-13-30(19-25(34)2)31-20-32(41-15-17-43-35(39)26(3)23-37)22-33(21-31)42-16-18-44-36(40)27(4)24-38/h5-6,13-14,19-22,28-29,37-38H,3-4,7-12,15-18,23-24H2,1-2H3/b6-5+. The highest BCUT2D eigenvalue weighted by Gasteiger charge is 2.23. The number of esters is 2. The van der Waals surface area contributed by atoms with E-state index in [9.17, 15) is 9.59 Å². The fourth-order valence-corrected chi connectivity index (χ4v) is 5.40. The van der Waals surface area contributed by atoms with Crippen molar-refractivity contribution < 1.29 is 38.7 Å². The molecule has 1 aliphatic carbocycles. The van der Waals surface area contributed by atoms with Gasteiger partial charge >= 0.3 is 11.9 Å². The first-order valence-electron chi connectivity index (χ1n) is 15.3. The van der Waals surface area contributed by atoms with Crippen molar-refractivity contribution in [3.8, 4) is 22.6 Å². The molecule has 1 fully saturated rings. The van der Waals surface area contributed by atoms with Crippen molar-refractivity contribution in [2.24, 2.45) is 5.92 Å². The van der Waals surface area contributed by atoms with Crippen LogP contribution in [0.15, 0.2) is 72.9 Å². The molecule has 44 heavy (non-hydrogen) atoms. The number of aliphatic hydroxyl groups excluding tert-OH is 2. The molecule has 0 heterocycles. The molecule has 0 unspecified atom stereocenters. The minimum absolute atomic E-state index is 0.0195. The summed E-state index contributed by atoms with van der Waals surface area (Å²) >= 11 is 0. The van der Waals surface area contributed by atoms with E-state index in [0.29, 0.717) is 17.4 Å². The summed E-state index contributed by atoms with van der Waals surface area (Å²) in [5.74, 6) is 1.06. The summed E-state index contributed by atoms with van der Waals surface area (Å²) in [4.78, 5) is 23.5. The fourth-order valence-electron chi connectivity index (χ4n) is 5.40. The Morgan fingerprint density at radius 2 is 1.39 bits per heavy atom. The number of hydrogen-bond donors (Lipinski definition) is 2. The van der Waals surface area contributed by atoms with Crippen molar-refractivity contribution >= 4 is 11.9 Å². The number of benzene rings is 2. The van der Waals surface area contributed by atoms with Gasteiger partial charge in [-0.3, -0.25) is 0 Å². The van der Waals surface area contributed by atoms with Gasteiger partial charge in [-0.1, -0.05) is 43.5 Å². The highest BCUT2D eigenvalue weighted by molar-refractivity contribution is 5.88. The molecular weight excluding hydrogens is 560 g/mol. The third kappa shape index (κ3) is 10.7. The smallest absolute Gasteiger partial charge is 0.335 e. The number of rotatable bonds is 17. The Labute approximate surface area is 261 Å². The van der Waals surface area contributed by atoms with E-state index in [1.54, 1.807) is 6.07 Å². The summed E-state index contributed by atoms with van der Waals surface area (Å²) in [6.45, 7) is 10.3. The molecule has 2 aromatic rings. The van der Waals surface area contributed by atoms with E-state index in [2.05, 4.69) is 57.4 Å². The van der Waals surface area contributed by atoms with Crippen LogP contribution in [0.1, 0.15) is 62.5 Å². The quantitative estimate of drug-likeness (QED) is 0.0943. The monoisotopic (exact) mass is 606 g/mol. The number of carbonyl (C=O) groups excluding carboxylic acids is 2. The zero-order valence-corrected chi connectivity index (χ0v) is 26.0. The third-order valence-corrected chi connectivity index (χ3v) is 7.88. The Hall–Kier alpha value is -3.88. The molecule has 2 aromatic carbocycles. The van der Waals surface area contributed by atoms with Crippen LogP contribution in [-0.4, -0.2) is 61.8 Å². The minimum Gasteiger partial charge on any atom is -0.490 e. The van der Waals surface area contributed by atoms with Gasteiger partial charge in [-0.05, 0) is 98.6 Å². The number of aryl methyl sites for hydroxylation is 1. The first-order chi connectivity index (χ1) is 21.2. The number of allylic oxidation sites excluding steroid dienone is 2. The maximum Gasteiger partial charge on any atom is 0.335 e. The first-order valence-corrected chi connectivity index (χ1v) is 15.3. The van der Waals surface area contributed by atoms with Gasteiger partial charge in [-0.2, -0.15) is 0 Å². The topological polar surface area (TPSA) is 112 Å². The van der Waals surface area contributed by atoms with E-state index in [1.165, 1.54) is 49.7 Å².